The Kier molecular flexibility index (Phi) is 4.70. The number of anilines is 1. The zero-order valence-electron chi connectivity index (χ0n) is 11.5. The van der Waals surface area contributed by atoms with E-state index in [4.69, 9.17) is 5.11 Å². The van der Waals surface area contributed by atoms with Crippen LogP contribution in [0.1, 0.15) is 21.5 Å². The molecule has 106 valence electrons. The Balaban J connectivity index is 2.31. The first kappa shape index (κ1) is 14.8. The molecule has 2 N–H and O–H groups in total. The number of benzene rings is 2. The molecule has 0 radical (unpaired) electrons. The minimum Gasteiger partial charge on any atom is -0.384 e. The second-order valence-electron chi connectivity index (χ2n) is 4.42. The van der Waals surface area contributed by atoms with Gasteiger partial charge in [-0.2, -0.15) is 0 Å². The van der Waals surface area contributed by atoms with Crippen LogP contribution in [0.15, 0.2) is 42.5 Å². The topological polar surface area (TPSA) is 49.3 Å². The Bertz CT molecular complexity index is 729. The number of aliphatic hydroxyl groups excluding tert-OH is 1. The van der Waals surface area contributed by atoms with E-state index in [9.17, 15) is 9.18 Å². The van der Waals surface area contributed by atoms with Crippen LogP contribution in [0.25, 0.3) is 0 Å². The number of carbonyl (C=O) groups excluding carboxylic acids is 1. The molecular formula is C17H14FNO2. The summed E-state index contributed by atoms with van der Waals surface area (Å²) in [6, 6.07) is 11.0. The molecule has 0 atom stereocenters. The summed E-state index contributed by atoms with van der Waals surface area (Å²) in [7, 11) is 0. The standard InChI is InChI=1S/C17H14FNO2/c1-12-8-9-14(18)11-16(12)19-17(21)15-7-3-2-5-13(15)6-4-10-20/h2-3,5,7-9,11,20H,10H2,1H3,(H,19,21). The molecule has 0 aliphatic rings. The van der Waals surface area contributed by atoms with Crippen LogP contribution in [0, 0.1) is 24.6 Å². The molecule has 1 amide bonds. The summed E-state index contributed by atoms with van der Waals surface area (Å²) in [5, 5.41) is 11.4. The Hall–Kier alpha value is -2.64. The monoisotopic (exact) mass is 283 g/mol. The van der Waals surface area contributed by atoms with Gasteiger partial charge in [0.15, 0.2) is 0 Å². The average molecular weight is 283 g/mol. The molecule has 0 aromatic heterocycles. The van der Waals surface area contributed by atoms with Crippen LogP contribution in [0.2, 0.25) is 0 Å². The third kappa shape index (κ3) is 3.68. The predicted octanol–water partition coefficient (Wildman–Crippen LogP) is 2.73. The van der Waals surface area contributed by atoms with Crippen molar-refractivity contribution in [2.24, 2.45) is 0 Å². The molecule has 2 aromatic carbocycles. The molecule has 0 heterocycles. The molecule has 21 heavy (non-hydrogen) atoms. The van der Waals surface area contributed by atoms with E-state index in [2.05, 4.69) is 17.2 Å². The average Bonchev–Trinajstić information content (AvgIpc) is 2.49. The number of carbonyl (C=O) groups is 1. The van der Waals surface area contributed by atoms with Crippen LogP contribution in [-0.4, -0.2) is 17.6 Å². The van der Waals surface area contributed by atoms with Crippen molar-refractivity contribution < 1.29 is 14.3 Å². The van der Waals surface area contributed by atoms with Crippen LogP contribution in [0.4, 0.5) is 10.1 Å². The highest BCUT2D eigenvalue weighted by atomic mass is 19.1. The lowest BCUT2D eigenvalue weighted by Gasteiger charge is -2.09. The molecule has 0 aliphatic heterocycles. The smallest absolute Gasteiger partial charge is 0.256 e. The van der Waals surface area contributed by atoms with Crippen molar-refractivity contribution in [3.63, 3.8) is 0 Å². The molecule has 0 fully saturated rings. The number of amides is 1. The van der Waals surface area contributed by atoms with E-state index in [0.29, 0.717) is 16.8 Å². The van der Waals surface area contributed by atoms with Crippen LogP contribution >= 0.6 is 0 Å². The van der Waals surface area contributed by atoms with Crippen molar-refractivity contribution >= 4 is 11.6 Å². The van der Waals surface area contributed by atoms with Gasteiger partial charge in [-0.15, -0.1) is 0 Å². The molecule has 0 bridgehead atoms. The van der Waals surface area contributed by atoms with E-state index in [-0.39, 0.29) is 12.5 Å². The van der Waals surface area contributed by atoms with Crippen LogP contribution < -0.4 is 5.32 Å². The van der Waals surface area contributed by atoms with Gasteiger partial charge in [-0.25, -0.2) is 4.39 Å². The molecule has 2 aromatic rings. The van der Waals surface area contributed by atoms with Gasteiger partial charge in [0, 0.05) is 11.3 Å². The summed E-state index contributed by atoms with van der Waals surface area (Å²) in [6.45, 7) is 1.51. The first-order chi connectivity index (χ1) is 10.1. The van der Waals surface area contributed by atoms with Gasteiger partial charge in [-0.05, 0) is 36.8 Å². The van der Waals surface area contributed by atoms with Gasteiger partial charge in [-0.1, -0.05) is 30.0 Å². The zero-order valence-corrected chi connectivity index (χ0v) is 11.5. The lowest BCUT2D eigenvalue weighted by molar-refractivity contribution is 0.102. The maximum absolute atomic E-state index is 13.2. The number of rotatable bonds is 2. The summed E-state index contributed by atoms with van der Waals surface area (Å²) in [6.07, 6.45) is 0. The Morgan fingerprint density at radius 1 is 1.29 bits per heavy atom. The first-order valence-corrected chi connectivity index (χ1v) is 6.38. The molecular weight excluding hydrogens is 269 g/mol. The second-order valence-corrected chi connectivity index (χ2v) is 4.42. The van der Waals surface area contributed by atoms with Crippen molar-refractivity contribution in [2.75, 3.05) is 11.9 Å². The lowest BCUT2D eigenvalue weighted by Crippen LogP contribution is -2.14. The minimum absolute atomic E-state index is 0.279. The molecule has 0 spiro atoms. The van der Waals surface area contributed by atoms with Crippen LogP contribution in [0.5, 0.6) is 0 Å². The van der Waals surface area contributed by atoms with Gasteiger partial charge in [0.1, 0.15) is 12.4 Å². The fourth-order valence-electron chi connectivity index (χ4n) is 1.84. The highest BCUT2D eigenvalue weighted by Crippen LogP contribution is 2.18. The van der Waals surface area contributed by atoms with E-state index in [1.165, 1.54) is 12.1 Å². The number of nitrogens with one attached hydrogen (secondary N) is 1. The third-order valence-electron chi connectivity index (χ3n) is 2.92. The second kappa shape index (κ2) is 6.69. The first-order valence-electron chi connectivity index (χ1n) is 6.38. The zero-order chi connectivity index (χ0) is 15.2. The van der Waals surface area contributed by atoms with Crippen molar-refractivity contribution in [2.45, 2.75) is 6.92 Å². The summed E-state index contributed by atoms with van der Waals surface area (Å²) in [5.41, 5.74) is 2.08. The summed E-state index contributed by atoms with van der Waals surface area (Å²) in [5.74, 6) is 4.45. The molecule has 0 saturated heterocycles. The maximum Gasteiger partial charge on any atom is 0.256 e. The summed E-state index contributed by atoms with van der Waals surface area (Å²) >= 11 is 0. The number of halogens is 1. The Labute approximate surface area is 122 Å². The molecule has 4 heteroatoms. The van der Waals surface area contributed by atoms with Crippen molar-refractivity contribution in [3.05, 3.63) is 65.0 Å². The maximum atomic E-state index is 13.2. The largest absolute Gasteiger partial charge is 0.384 e. The van der Waals surface area contributed by atoms with E-state index < -0.39 is 5.82 Å². The van der Waals surface area contributed by atoms with Crippen LogP contribution in [-0.2, 0) is 0 Å². The normalized spacial score (nSPS) is 9.67. The number of aliphatic hydroxyl groups is 1. The molecule has 0 unspecified atom stereocenters. The fraction of sp³-hybridized carbons (Fsp3) is 0.118. The van der Waals surface area contributed by atoms with Crippen molar-refractivity contribution in [1.29, 1.82) is 0 Å². The SMILES string of the molecule is Cc1ccc(F)cc1NC(=O)c1ccccc1C#CCO. The highest BCUT2D eigenvalue weighted by Gasteiger charge is 2.11. The third-order valence-corrected chi connectivity index (χ3v) is 2.92. The minimum atomic E-state index is -0.413. The van der Waals surface area contributed by atoms with Crippen LogP contribution in [0.3, 0.4) is 0 Å². The predicted molar refractivity (Wildman–Crippen MR) is 79.5 cm³/mol. The van der Waals surface area contributed by atoms with Gasteiger partial charge in [0.05, 0.1) is 5.56 Å². The number of hydrogen-bond donors (Lipinski definition) is 2. The van der Waals surface area contributed by atoms with Gasteiger partial charge in [-0.3, -0.25) is 4.79 Å². The molecule has 0 aliphatic carbocycles. The molecule has 0 saturated carbocycles. The van der Waals surface area contributed by atoms with Crippen molar-refractivity contribution in [3.8, 4) is 11.8 Å². The fourth-order valence-corrected chi connectivity index (χ4v) is 1.84. The number of aryl methyl sites for hydroxylation is 1. The summed E-state index contributed by atoms with van der Waals surface area (Å²) in [4.78, 5) is 12.3. The van der Waals surface area contributed by atoms with Gasteiger partial charge < -0.3 is 10.4 Å². The van der Waals surface area contributed by atoms with Gasteiger partial charge in [0.25, 0.3) is 5.91 Å². The van der Waals surface area contributed by atoms with E-state index >= 15 is 0 Å². The van der Waals surface area contributed by atoms with Gasteiger partial charge in [0.2, 0.25) is 0 Å². The Morgan fingerprint density at radius 2 is 2.05 bits per heavy atom. The van der Waals surface area contributed by atoms with Gasteiger partial charge >= 0.3 is 0 Å². The number of hydrogen-bond acceptors (Lipinski definition) is 2. The van der Waals surface area contributed by atoms with E-state index in [1.807, 2.05) is 0 Å². The van der Waals surface area contributed by atoms with E-state index in [1.54, 1.807) is 37.3 Å². The van der Waals surface area contributed by atoms with Crippen molar-refractivity contribution in [1.82, 2.24) is 0 Å². The molecule has 2 rings (SSSR count). The lowest BCUT2D eigenvalue weighted by atomic mass is 10.1. The quantitative estimate of drug-likeness (QED) is 0.833. The Morgan fingerprint density at radius 3 is 2.81 bits per heavy atom. The highest BCUT2D eigenvalue weighted by molar-refractivity contribution is 6.06. The van der Waals surface area contributed by atoms with E-state index in [0.717, 1.165) is 5.56 Å². The summed E-state index contributed by atoms with van der Waals surface area (Å²) < 4.78 is 13.2. The molecule has 3 nitrogen and oxygen atoms in total.